The summed E-state index contributed by atoms with van der Waals surface area (Å²) in [5.41, 5.74) is 0.245. The van der Waals surface area contributed by atoms with Crippen LogP contribution in [-0.2, 0) is 4.74 Å². The summed E-state index contributed by atoms with van der Waals surface area (Å²) in [6, 6.07) is 1.46. The Morgan fingerprint density at radius 3 is 2.70 bits per heavy atom. The van der Waals surface area contributed by atoms with E-state index >= 15 is 0 Å². The van der Waals surface area contributed by atoms with Gasteiger partial charge in [0, 0.05) is 25.2 Å². The van der Waals surface area contributed by atoms with E-state index in [4.69, 9.17) is 4.74 Å². The van der Waals surface area contributed by atoms with Crippen molar-refractivity contribution in [3.8, 4) is 0 Å². The SMILES string of the molecule is CN(CC1CCCCN1)C1CCOC2(CCCCC2)C1. The third-order valence-corrected chi connectivity index (χ3v) is 5.78. The predicted octanol–water partition coefficient (Wildman–Crippen LogP) is 2.94. The molecule has 2 saturated heterocycles. The lowest BCUT2D eigenvalue weighted by Crippen LogP contribution is -2.51. The van der Waals surface area contributed by atoms with Crippen LogP contribution in [0, 0.1) is 0 Å². The van der Waals surface area contributed by atoms with Gasteiger partial charge in [-0.25, -0.2) is 0 Å². The van der Waals surface area contributed by atoms with E-state index in [0.29, 0.717) is 0 Å². The van der Waals surface area contributed by atoms with Gasteiger partial charge in [-0.05, 0) is 52.1 Å². The van der Waals surface area contributed by atoms with Gasteiger partial charge in [0.1, 0.15) is 0 Å². The summed E-state index contributed by atoms with van der Waals surface area (Å²) >= 11 is 0. The Morgan fingerprint density at radius 1 is 1.10 bits per heavy atom. The number of piperidine rings is 1. The normalized spacial score (nSPS) is 34.5. The first kappa shape index (κ1) is 14.8. The number of likely N-dealkylation sites (N-methyl/N-ethyl adjacent to an activating group) is 1. The van der Waals surface area contributed by atoms with Crippen molar-refractivity contribution >= 4 is 0 Å². The van der Waals surface area contributed by atoms with Crippen molar-refractivity contribution in [3.63, 3.8) is 0 Å². The monoisotopic (exact) mass is 280 g/mol. The molecule has 2 aliphatic heterocycles. The third kappa shape index (κ3) is 3.55. The Hall–Kier alpha value is -0.120. The highest BCUT2D eigenvalue weighted by atomic mass is 16.5. The lowest BCUT2D eigenvalue weighted by molar-refractivity contribution is -0.122. The van der Waals surface area contributed by atoms with E-state index in [1.165, 1.54) is 77.3 Å². The van der Waals surface area contributed by atoms with Gasteiger partial charge in [0.15, 0.2) is 0 Å². The van der Waals surface area contributed by atoms with Crippen LogP contribution in [0.25, 0.3) is 0 Å². The molecule has 0 aromatic heterocycles. The molecule has 3 nitrogen and oxygen atoms in total. The number of ether oxygens (including phenoxy) is 1. The van der Waals surface area contributed by atoms with Crippen LogP contribution in [-0.4, -0.2) is 49.3 Å². The third-order valence-electron chi connectivity index (χ3n) is 5.78. The van der Waals surface area contributed by atoms with Crippen LogP contribution >= 0.6 is 0 Å². The van der Waals surface area contributed by atoms with Crippen LogP contribution in [0.15, 0.2) is 0 Å². The fourth-order valence-corrected chi connectivity index (χ4v) is 4.50. The number of nitrogens with zero attached hydrogens (tertiary/aromatic N) is 1. The summed E-state index contributed by atoms with van der Waals surface area (Å²) in [6.07, 6.45) is 13.4. The molecule has 0 radical (unpaired) electrons. The van der Waals surface area contributed by atoms with Crippen LogP contribution < -0.4 is 5.32 Å². The van der Waals surface area contributed by atoms with Crippen molar-refractivity contribution in [1.29, 1.82) is 0 Å². The minimum Gasteiger partial charge on any atom is -0.375 e. The summed E-state index contributed by atoms with van der Waals surface area (Å²) in [5, 5.41) is 3.69. The number of hydrogen-bond donors (Lipinski definition) is 1. The van der Waals surface area contributed by atoms with Crippen molar-refractivity contribution < 1.29 is 4.74 Å². The van der Waals surface area contributed by atoms with E-state index in [1.54, 1.807) is 0 Å². The summed E-state index contributed by atoms with van der Waals surface area (Å²) < 4.78 is 6.23. The Balaban J connectivity index is 1.52. The van der Waals surface area contributed by atoms with E-state index in [9.17, 15) is 0 Å². The fourth-order valence-electron chi connectivity index (χ4n) is 4.50. The van der Waals surface area contributed by atoms with E-state index < -0.39 is 0 Å². The second-order valence-corrected chi connectivity index (χ2v) is 7.33. The Morgan fingerprint density at radius 2 is 1.95 bits per heavy atom. The molecule has 3 rings (SSSR count). The van der Waals surface area contributed by atoms with Crippen LogP contribution in [0.2, 0.25) is 0 Å². The van der Waals surface area contributed by atoms with Gasteiger partial charge in [-0.3, -0.25) is 0 Å². The summed E-state index contributed by atoms with van der Waals surface area (Å²) in [6.45, 7) is 3.42. The van der Waals surface area contributed by atoms with Gasteiger partial charge in [0.05, 0.1) is 5.60 Å². The molecule has 3 aliphatic rings. The zero-order chi connectivity index (χ0) is 13.8. The molecule has 3 heteroatoms. The van der Waals surface area contributed by atoms with Crippen LogP contribution in [0.5, 0.6) is 0 Å². The average Bonchev–Trinajstić information content (AvgIpc) is 2.49. The average molecular weight is 280 g/mol. The highest BCUT2D eigenvalue weighted by Gasteiger charge is 2.39. The molecule has 20 heavy (non-hydrogen) atoms. The van der Waals surface area contributed by atoms with Gasteiger partial charge >= 0.3 is 0 Å². The molecule has 2 heterocycles. The minimum absolute atomic E-state index is 0.245. The molecule has 3 fully saturated rings. The molecule has 116 valence electrons. The maximum Gasteiger partial charge on any atom is 0.0697 e. The molecule has 2 unspecified atom stereocenters. The van der Waals surface area contributed by atoms with E-state index in [2.05, 4.69) is 17.3 Å². The minimum atomic E-state index is 0.245. The molecule has 0 aromatic rings. The van der Waals surface area contributed by atoms with E-state index in [-0.39, 0.29) is 5.60 Å². The van der Waals surface area contributed by atoms with Crippen molar-refractivity contribution in [1.82, 2.24) is 10.2 Å². The number of hydrogen-bond acceptors (Lipinski definition) is 3. The molecular formula is C17H32N2O. The van der Waals surface area contributed by atoms with Crippen molar-refractivity contribution in [3.05, 3.63) is 0 Å². The summed E-state index contributed by atoms with van der Waals surface area (Å²) in [7, 11) is 2.34. The largest absolute Gasteiger partial charge is 0.375 e. The highest BCUT2D eigenvalue weighted by Crippen LogP contribution is 2.39. The van der Waals surface area contributed by atoms with Gasteiger partial charge in [-0.2, -0.15) is 0 Å². The Bertz CT molecular complexity index is 290. The molecule has 2 atom stereocenters. The second-order valence-electron chi connectivity index (χ2n) is 7.33. The first-order valence-electron chi connectivity index (χ1n) is 8.85. The molecule has 0 amide bonds. The Labute approximate surface area is 124 Å². The van der Waals surface area contributed by atoms with E-state index in [1.807, 2.05) is 0 Å². The topological polar surface area (TPSA) is 24.5 Å². The first-order valence-corrected chi connectivity index (χ1v) is 8.85. The summed E-state index contributed by atoms with van der Waals surface area (Å²) in [5.74, 6) is 0. The molecule has 1 N–H and O–H groups in total. The maximum atomic E-state index is 6.23. The fraction of sp³-hybridized carbons (Fsp3) is 1.00. The number of rotatable bonds is 3. The molecule has 1 aliphatic carbocycles. The Kier molecular flexibility index (Phi) is 5.00. The van der Waals surface area contributed by atoms with Gasteiger partial charge in [0.2, 0.25) is 0 Å². The standard InChI is InChI=1S/C17H32N2O/c1-19(14-15-7-3-6-11-18-15)16-8-12-20-17(13-16)9-4-2-5-10-17/h15-16,18H,2-14H2,1H3. The van der Waals surface area contributed by atoms with Crippen molar-refractivity contribution in [2.75, 3.05) is 26.7 Å². The van der Waals surface area contributed by atoms with E-state index in [0.717, 1.165) is 18.7 Å². The van der Waals surface area contributed by atoms with Gasteiger partial charge in [-0.15, -0.1) is 0 Å². The van der Waals surface area contributed by atoms with Crippen LogP contribution in [0.4, 0.5) is 0 Å². The summed E-state index contributed by atoms with van der Waals surface area (Å²) in [4.78, 5) is 2.63. The highest BCUT2D eigenvalue weighted by molar-refractivity contribution is 4.93. The van der Waals surface area contributed by atoms with Crippen molar-refractivity contribution in [2.24, 2.45) is 0 Å². The smallest absolute Gasteiger partial charge is 0.0697 e. The first-order chi connectivity index (χ1) is 9.77. The second kappa shape index (κ2) is 6.76. The van der Waals surface area contributed by atoms with Gasteiger partial charge in [0.25, 0.3) is 0 Å². The molecule has 0 aromatic carbocycles. The predicted molar refractivity (Wildman–Crippen MR) is 83.1 cm³/mol. The molecule has 1 spiro atoms. The molecule has 0 bridgehead atoms. The number of nitrogens with one attached hydrogen (secondary N) is 1. The quantitative estimate of drug-likeness (QED) is 0.860. The van der Waals surface area contributed by atoms with Crippen LogP contribution in [0.1, 0.15) is 64.2 Å². The zero-order valence-electron chi connectivity index (χ0n) is 13.2. The molecule has 1 saturated carbocycles. The zero-order valence-corrected chi connectivity index (χ0v) is 13.2. The lowest BCUT2D eigenvalue weighted by Gasteiger charge is -2.46. The lowest BCUT2D eigenvalue weighted by atomic mass is 9.78. The molecular weight excluding hydrogens is 248 g/mol. The van der Waals surface area contributed by atoms with Crippen molar-refractivity contribution in [2.45, 2.75) is 81.9 Å². The van der Waals surface area contributed by atoms with Gasteiger partial charge < -0.3 is 15.0 Å². The van der Waals surface area contributed by atoms with Gasteiger partial charge in [-0.1, -0.05) is 25.7 Å². The maximum absolute atomic E-state index is 6.23. The van der Waals surface area contributed by atoms with Crippen LogP contribution in [0.3, 0.4) is 0 Å².